The monoisotopic (exact) mass is 374 g/mol. The lowest BCUT2D eigenvalue weighted by atomic mass is 10.1. The fraction of sp³-hybridized carbons (Fsp3) is 0.158. The minimum absolute atomic E-state index is 0.283. The molecule has 6 heteroatoms. The van der Waals surface area contributed by atoms with Gasteiger partial charge in [0, 0.05) is 42.6 Å². The number of sulfonamides is 1. The van der Waals surface area contributed by atoms with Crippen molar-refractivity contribution < 1.29 is 8.42 Å². The average Bonchev–Trinajstić information content (AvgIpc) is 2.60. The highest BCUT2D eigenvalue weighted by Gasteiger charge is 2.24. The molecule has 3 rings (SSSR count). The van der Waals surface area contributed by atoms with Gasteiger partial charge in [-0.1, -0.05) is 35.9 Å². The first kappa shape index (κ1) is 17.6. The molecule has 0 radical (unpaired) electrons. The number of fused-ring (bicyclic) bond motifs is 1. The van der Waals surface area contributed by atoms with E-state index in [0.29, 0.717) is 16.1 Å². The molecule has 0 fully saturated rings. The molecule has 0 N–H and O–H groups in total. The summed E-state index contributed by atoms with van der Waals surface area (Å²) in [5.74, 6) is 0. The van der Waals surface area contributed by atoms with E-state index in [0.717, 1.165) is 11.1 Å². The Labute approximate surface area is 153 Å². The zero-order valence-corrected chi connectivity index (χ0v) is 15.8. The largest absolute Gasteiger partial charge is 0.377 e. The van der Waals surface area contributed by atoms with Crippen molar-refractivity contribution >= 4 is 43.8 Å². The smallest absolute Gasteiger partial charge is 0.264 e. The van der Waals surface area contributed by atoms with E-state index in [1.54, 1.807) is 43.4 Å². The van der Waals surface area contributed by atoms with Gasteiger partial charge in [-0.25, -0.2) is 8.42 Å². The summed E-state index contributed by atoms with van der Waals surface area (Å²) in [6.45, 7) is 0. The lowest BCUT2D eigenvalue weighted by Gasteiger charge is -2.22. The predicted molar refractivity (Wildman–Crippen MR) is 105 cm³/mol. The van der Waals surface area contributed by atoms with Gasteiger partial charge in [-0.3, -0.25) is 4.31 Å². The molecule has 0 unspecified atom stereocenters. The van der Waals surface area contributed by atoms with Crippen molar-refractivity contribution in [2.75, 3.05) is 30.3 Å². The standard InChI is InChI=1S/C19H19ClN2O2S/c1-21(2)18-8-4-7-17-16(18)6-5-9-19(17)25(23,24)22(3)15-12-10-14(20)11-13-15/h4-13H,1-3H3. The summed E-state index contributed by atoms with van der Waals surface area (Å²) in [6.07, 6.45) is 0. The number of nitrogens with zero attached hydrogens (tertiary/aromatic N) is 2. The summed E-state index contributed by atoms with van der Waals surface area (Å²) in [7, 11) is 1.73. The number of hydrogen-bond acceptors (Lipinski definition) is 3. The second kappa shape index (κ2) is 6.58. The van der Waals surface area contributed by atoms with E-state index < -0.39 is 10.0 Å². The van der Waals surface area contributed by atoms with Crippen LogP contribution in [0.1, 0.15) is 0 Å². The number of hydrogen-bond donors (Lipinski definition) is 0. The first-order valence-corrected chi connectivity index (χ1v) is 9.58. The lowest BCUT2D eigenvalue weighted by Crippen LogP contribution is -2.26. The Morgan fingerprint density at radius 2 is 1.40 bits per heavy atom. The highest BCUT2D eigenvalue weighted by atomic mass is 35.5. The molecule has 0 amide bonds. The minimum atomic E-state index is -3.70. The van der Waals surface area contributed by atoms with Crippen molar-refractivity contribution in [3.05, 3.63) is 65.7 Å². The van der Waals surface area contributed by atoms with Gasteiger partial charge in [0.25, 0.3) is 10.0 Å². The Kier molecular flexibility index (Phi) is 4.62. The molecule has 3 aromatic rings. The van der Waals surface area contributed by atoms with Crippen molar-refractivity contribution in [3.8, 4) is 0 Å². The van der Waals surface area contributed by atoms with Crippen LogP contribution in [0.25, 0.3) is 10.8 Å². The van der Waals surface area contributed by atoms with Gasteiger partial charge in [-0.05, 0) is 36.4 Å². The summed E-state index contributed by atoms with van der Waals surface area (Å²) in [6, 6.07) is 17.8. The van der Waals surface area contributed by atoms with Crippen LogP contribution in [0.2, 0.25) is 5.02 Å². The maximum Gasteiger partial charge on any atom is 0.264 e. The molecule has 0 aromatic heterocycles. The molecule has 0 aliphatic carbocycles. The third kappa shape index (κ3) is 3.17. The SMILES string of the molecule is CN(C)c1cccc2c(S(=O)(=O)N(C)c3ccc(Cl)cc3)cccc12. The van der Waals surface area contributed by atoms with E-state index in [-0.39, 0.29) is 4.90 Å². The highest BCUT2D eigenvalue weighted by Crippen LogP contribution is 2.32. The fourth-order valence-corrected chi connectivity index (χ4v) is 4.34. The Bertz CT molecular complexity index is 1020. The zero-order valence-electron chi connectivity index (χ0n) is 14.3. The number of benzene rings is 3. The van der Waals surface area contributed by atoms with E-state index in [2.05, 4.69) is 0 Å². The summed E-state index contributed by atoms with van der Waals surface area (Å²) >= 11 is 5.90. The Morgan fingerprint density at radius 1 is 0.800 bits per heavy atom. The Hall–Kier alpha value is -2.24. The third-order valence-electron chi connectivity index (χ3n) is 4.17. The normalized spacial score (nSPS) is 11.5. The van der Waals surface area contributed by atoms with Crippen LogP contribution in [0, 0.1) is 0 Å². The van der Waals surface area contributed by atoms with Crippen LogP contribution in [0.3, 0.4) is 0 Å². The van der Waals surface area contributed by atoms with Crippen LogP contribution in [0.4, 0.5) is 11.4 Å². The molecule has 0 heterocycles. The Morgan fingerprint density at radius 3 is 2.04 bits per heavy atom. The number of halogens is 1. The van der Waals surface area contributed by atoms with Gasteiger partial charge in [-0.2, -0.15) is 0 Å². The summed E-state index contributed by atoms with van der Waals surface area (Å²) in [4.78, 5) is 2.26. The molecule has 0 saturated carbocycles. The highest BCUT2D eigenvalue weighted by molar-refractivity contribution is 7.93. The first-order valence-electron chi connectivity index (χ1n) is 7.76. The lowest BCUT2D eigenvalue weighted by molar-refractivity contribution is 0.595. The third-order valence-corrected chi connectivity index (χ3v) is 6.27. The quantitative estimate of drug-likeness (QED) is 0.680. The second-order valence-corrected chi connectivity index (χ2v) is 8.35. The molecule has 3 aromatic carbocycles. The summed E-state index contributed by atoms with van der Waals surface area (Å²) in [5, 5.41) is 2.17. The van der Waals surface area contributed by atoms with Gasteiger partial charge >= 0.3 is 0 Å². The molecule has 0 bridgehead atoms. The van der Waals surface area contributed by atoms with Gasteiger partial charge in [0.15, 0.2) is 0 Å². The molecule has 0 aliphatic rings. The van der Waals surface area contributed by atoms with Crippen LogP contribution < -0.4 is 9.21 Å². The van der Waals surface area contributed by atoms with Crippen molar-refractivity contribution in [2.45, 2.75) is 4.90 Å². The van der Waals surface area contributed by atoms with Crippen LogP contribution in [-0.2, 0) is 10.0 Å². The molecular formula is C19H19ClN2O2S. The maximum atomic E-state index is 13.2. The fourth-order valence-electron chi connectivity index (χ4n) is 2.82. The van der Waals surface area contributed by atoms with E-state index in [1.165, 1.54) is 4.31 Å². The summed E-state index contributed by atoms with van der Waals surface area (Å²) in [5.41, 5.74) is 1.54. The molecule has 0 saturated heterocycles. The van der Waals surface area contributed by atoms with Gasteiger partial charge in [0.05, 0.1) is 10.6 Å². The van der Waals surface area contributed by atoms with Crippen molar-refractivity contribution in [1.82, 2.24) is 0 Å². The van der Waals surface area contributed by atoms with Gasteiger partial charge in [0.1, 0.15) is 0 Å². The molecule has 0 atom stereocenters. The molecule has 130 valence electrons. The van der Waals surface area contributed by atoms with Crippen LogP contribution in [0.5, 0.6) is 0 Å². The zero-order chi connectivity index (χ0) is 18.2. The van der Waals surface area contributed by atoms with Crippen LogP contribution in [-0.4, -0.2) is 29.6 Å². The number of rotatable bonds is 4. The van der Waals surface area contributed by atoms with Gasteiger partial charge in [0.2, 0.25) is 0 Å². The van der Waals surface area contributed by atoms with Gasteiger partial charge < -0.3 is 4.90 Å². The predicted octanol–water partition coefficient (Wildman–Crippen LogP) is 4.38. The molecular weight excluding hydrogens is 356 g/mol. The van der Waals surface area contributed by atoms with Crippen molar-refractivity contribution in [1.29, 1.82) is 0 Å². The van der Waals surface area contributed by atoms with E-state index in [9.17, 15) is 8.42 Å². The maximum absolute atomic E-state index is 13.2. The van der Waals surface area contributed by atoms with Gasteiger partial charge in [-0.15, -0.1) is 0 Å². The molecule has 4 nitrogen and oxygen atoms in total. The number of anilines is 2. The molecule has 0 aliphatic heterocycles. The molecule has 0 spiro atoms. The molecule has 25 heavy (non-hydrogen) atoms. The first-order chi connectivity index (χ1) is 11.8. The van der Waals surface area contributed by atoms with Crippen molar-refractivity contribution in [3.63, 3.8) is 0 Å². The van der Waals surface area contributed by atoms with Crippen LogP contribution >= 0.6 is 11.6 Å². The van der Waals surface area contributed by atoms with E-state index in [1.807, 2.05) is 43.3 Å². The minimum Gasteiger partial charge on any atom is -0.377 e. The van der Waals surface area contributed by atoms with Crippen molar-refractivity contribution in [2.24, 2.45) is 0 Å². The Balaban J connectivity index is 2.17. The van der Waals surface area contributed by atoms with E-state index >= 15 is 0 Å². The topological polar surface area (TPSA) is 40.6 Å². The average molecular weight is 375 g/mol. The van der Waals surface area contributed by atoms with Crippen LogP contribution in [0.15, 0.2) is 65.6 Å². The van der Waals surface area contributed by atoms with E-state index in [4.69, 9.17) is 11.6 Å². The second-order valence-electron chi connectivity index (χ2n) is 5.97. The summed E-state index contributed by atoms with van der Waals surface area (Å²) < 4.78 is 27.7.